The van der Waals surface area contributed by atoms with E-state index in [-0.39, 0.29) is 5.97 Å². The monoisotopic (exact) mass is 244 g/mol. The smallest absolute Gasteiger partial charge is 0.309 e. The number of carbonyl (C=O) groups is 1. The predicted octanol–water partition coefficient (Wildman–Crippen LogP) is 2.17. The van der Waals surface area contributed by atoms with Crippen LogP contribution in [0.1, 0.15) is 27.2 Å². The molecule has 0 rings (SSSR count). The number of nitrogens with two attached hydrogens (primary N) is 1. The van der Waals surface area contributed by atoms with Gasteiger partial charge in [0.15, 0.2) is 0 Å². The second-order valence-corrected chi connectivity index (χ2v) is 3.69. The Morgan fingerprint density at radius 3 is 2.00 bits per heavy atom. The van der Waals surface area contributed by atoms with Crippen LogP contribution in [0.25, 0.3) is 0 Å². The van der Waals surface area contributed by atoms with E-state index in [0.717, 1.165) is 5.57 Å². The van der Waals surface area contributed by atoms with Gasteiger partial charge < -0.3 is 15.4 Å². The Morgan fingerprint density at radius 1 is 1.41 bits per heavy atom. The molecule has 4 nitrogen and oxygen atoms in total. The summed E-state index contributed by atoms with van der Waals surface area (Å²) in [5, 5.41) is 0. The Labute approximate surface area is 106 Å². The number of rotatable bonds is 3. The largest absolute Gasteiger partial charge is 0.466 e. The van der Waals surface area contributed by atoms with Crippen molar-refractivity contribution in [1.29, 1.82) is 0 Å². The van der Waals surface area contributed by atoms with Gasteiger partial charge in [0, 0.05) is 0 Å². The fraction of sp³-hybridized carbons (Fsp3) is 0.615. The molecule has 0 radical (unpaired) electrons. The molecule has 0 amide bonds. The van der Waals surface area contributed by atoms with Crippen LogP contribution in [-0.4, -0.2) is 38.6 Å². The van der Waals surface area contributed by atoms with Crippen LogP contribution >= 0.6 is 0 Å². The van der Waals surface area contributed by atoms with E-state index in [1.54, 1.807) is 0 Å². The minimum atomic E-state index is -0.141. The van der Waals surface area contributed by atoms with Gasteiger partial charge in [-0.2, -0.15) is 0 Å². The summed E-state index contributed by atoms with van der Waals surface area (Å²) >= 11 is 0. The Balaban J connectivity index is -0.000000232. The van der Waals surface area contributed by atoms with Crippen LogP contribution < -0.4 is 5.73 Å². The van der Waals surface area contributed by atoms with E-state index in [0.29, 0.717) is 13.0 Å². The Morgan fingerprint density at radius 2 is 1.76 bits per heavy atom. The zero-order valence-corrected chi connectivity index (χ0v) is 12.1. The Hall–Kier alpha value is -1.29. The molecular weight excluding hydrogens is 216 g/mol. The van der Waals surface area contributed by atoms with Gasteiger partial charge in [-0.05, 0) is 48.1 Å². The van der Waals surface area contributed by atoms with E-state index in [9.17, 15) is 4.79 Å². The van der Waals surface area contributed by atoms with Crippen LogP contribution in [-0.2, 0) is 9.53 Å². The number of allylic oxidation sites excluding steroid dienone is 1. The SMILES string of the molecule is C/C=C(\C)CC(=O)OCC.C=CN.CN(C)C. The summed E-state index contributed by atoms with van der Waals surface area (Å²) in [4.78, 5) is 12.7. The van der Waals surface area contributed by atoms with E-state index in [2.05, 4.69) is 12.3 Å². The van der Waals surface area contributed by atoms with Crippen molar-refractivity contribution in [1.82, 2.24) is 4.90 Å². The van der Waals surface area contributed by atoms with Crippen LogP contribution in [0.2, 0.25) is 0 Å². The Bertz CT molecular complexity index is 209. The molecule has 0 heterocycles. The fourth-order valence-electron chi connectivity index (χ4n) is 0.542. The molecule has 4 heteroatoms. The third kappa shape index (κ3) is 40.0. The number of hydrogen-bond acceptors (Lipinski definition) is 4. The highest BCUT2D eigenvalue weighted by atomic mass is 16.5. The molecule has 0 saturated heterocycles. The molecule has 0 aliphatic carbocycles. The number of ether oxygens (including phenoxy) is 1. The van der Waals surface area contributed by atoms with Crippen molar-refractivity contribution in [3.8, 4) is 0 Å². The molecule has 0 aromatic heterocycles. The molecule has 0 unspecified atom stereocenters. The third-order valence-electron chi connectivity index (χ3n) is 1.22. The van der Waals surface area contributed by atoms with Crippen molar-refractivity contribution < 1.29 is 9.53 Å². The second-order valence-electron chi connectivity index (χ2n) is 3.69. The fourth-order valence-corrected chi connectivity index (χ4v) is 0.542. The maximum atomic E-state index is 10.7. The van der Waals surface area contributed by atoms with Gasteiger partial charge in [0.05, 0.1) is 13.0 Å². The molecule has 0 bridgehead atoms. The molecule has 0 aromatic carbocycles. The van der Waals surface area contributed by atoms with Gasteiger partial charge in [0.25, 0.3) is 0 Å². The Kier molecular flexibility index (Phi) is 21.2. The van der Waals surface area contributed by atoms with Crippen molar-refractivity contribution in [2.75, 3.05) is 27.7 Å². The van der Waals surface area contributed by atoms with Crippen LogP contribution in [0, 0.1) is 0 Å². The highest BCUT2D eigenvalue weighted by molar-refractivity contribution is 5.72. The topological polar surface area (TPSA) is 55.6 Å². The second kappa shape index (κ2) is 17.1. The average molecular weight is 244 g/mol. The standard InChI is InChI=1S/C8H14O2.C3H9N.C2H5N/c1-4-7(3)6-8(9)10-5-2;1-4(2)3;1-2-3/h4H,5-6H2,1-3H3;1-3H3;2H,1,3H2/b7-4+;;. The summed E-state index contributed by atoms with van der Waals surface area (Å²) < 4.78 is 4.73. The number of hydrogen-bond donors (Lipinski definition) is 1. The molecule has 0 spiro atoms. The minimum absolute atomic E-state index is 0.141. The molecule has 0 fully saturated rings. The first kappa shape index (κ1) is 21.0. The molecule has 0 aliphatic rings. The number of nitrogens with zero attached hydrogens (tertiary/aromatic N) is 1. The van der Waals surface area contributed by atoms with Gasteiger partial charge in [-0.3, -0.25) is 4.79 Å². The highest BCUT2D eigenvalue weighted by Gasteiger charge is 2.00. The molecule has 0 atom stereocenters. The lowest BCUT2D eigenvalue weighted by Gasteiger charge is -1.99. The van der Waals surface area contributed by atoms with Crippen LogP contribution in [0.5, 0.6) is 0 Å². The van der Waals surface area contributed by atoms with Crippen molar-refractivity contribution in [3.05, 3.63) is 24.4 Å². The molecule has 0 saturated carbocycles. The first-order valence-electron chi connectivity index (χ1n) is 5.56. The highest BCUT2D eigenvalue weighted by Crippen LogP contribution is 1.99. The summed E-state index contributed by atoms with van der Waals surface area (Å²) in [5.74, 6) is -0.141. The van der Waals surface area contributed by atoms with Gasteiger partial charge >= 0.3 is 5.97 Å². The van der Waals surface area contributed by atoms with Crippen molar-refractivity contribution in [3.63, 3.8) is 0 Å². The molecule has 17 heavy (non-hydrogen) atoms. The van der Waals surface area contributed by atoms with Gasteiger partial charge in [0.2, 0.25) is 0 Å². The number of esters is 1. The third-order valence-corrected chi connectivity index (χ3v) is 1.22. The molecule has 102 valence electrons. The first-order valence-corrected chi connectivity index (χ1v) is 5.56. The summed E-state index contributed by atoms with van der Waals surface area (Å²) in [6, 6.07) is 0. The van der Waals surface area contributed by atoms with E-state index >= 15 is 0 Å². The van der Waals surface area contributed by atoms with Crippen molar-refractivity contribution in [2.45, 2.75) is 27.2 Å². The van der Waals surface area contributed by atoms with Crippen molar-refractivity contribution in [2.24, 2.45) is 5.73 Å². The summed E-state index contributed by atoms with van der Waals surface area (Å²) in [6.07, 6.45) is 3.58. The average Bonchev–Trinajstić information content (AvgIpc) is 2.18. The normalized spacial score (nSPS) is 9.47. The van der Waals surface area contributed by atoms with Crippen LogP contribution in [0.4, 0.5) is 0 Å². The van der Waals surface area contributed by atoms with E-state index < -0.39 is 0 Å². The lowest BCUT2D eigenvalue weighted by atomic mass is 10.2. The van der Waals surface area contributed by atoms with Gasteiger partial charge in [-0.25, -0.2) is 0 Å². The summed E-state index contributed by atoms with van der Waals surface area (Å²) in [7, 11) is 6.00. The van der Waals surface area contributed by atoms with E-state index in [1.807, 2.05) is 52.9 Å². The maximum absolute atomic E-state index is 10.7. The van der Waals surface area contributed by atoms with E-state index in [4.69, 9.17) is 4.74 Å². The van der Waals surface area contributed by atoms with Gasteiger partial charge in [0.1, 0.15) is 0 Å². The first-order chi connectivity index (χ1) is 7.85. The van der Waals surface area contributed by atoms with Crippen LogP contribution in [0.15, 0.2) is 24.4 Å². The summed E-state index contributed by atoms with van der Waals surface area (Å²) in [6.45, 7) is 9.24. The van der Waals surface area contributed by atoms with Crippen LogP contribution in [0.3, 0.4) is 0 Å². The zero-order chi connectivity index (χ0) is 14.3. The van der Waals surface area contributed by atoms with Gasteiger partial charge in [-0.1, -0.05) is 18.2 Å². The lowest BCUT2D eigenvalue weighted by molar-refractivity contribution is -0.142. The van der Waals surface area contributed by atoms with Crippen molar-refractivity contribution >= 4 is 5.97 Å². The quantitative estimate of drug-likeness (QED) is 0.610. The molecule has 0 aromatic rings. The summed E-state index contributed by atoms with van der Waals surface area (Å²) in [5.41, 5.74) is 5.67. The molecule has 2 N–H and O–H groups in total. The predicted molar refractivity (Wildman–Crippen MR) is 74.7 cm³/mol. The molecule has 0 aliphatic heterocycles. The number of carbonyl (C=O) groups excluding carboxylic acids is 1. The maximum Gasteiger partial charge on any atom is 0.309 e. The van der Waals surface area contributed by atoms with Gasteiger partial charge in [-0.15, -0.1) is 0 Å². The molecular formula is C13H28N2O2. The van der Waals surface area contributed by atoms with E-state index in [1.165, 1.54) is 6.20 Å². The lowest BCUT2D eigenvalue weighted by Crippen LogP contribution is -2.03. The zero-order valence-electron chi connectivity index (χ0n) is 12.1. The minimum Gasteiger partial charge on any atom is -0.466 e.